The Hall–Kier alpha value is -2.50. The van der Waals surface area contributed by atoms with Gasteiger partial charge in [-0.3, -0.25) is 9.78 Å². The molecule has 0 amide bonds. The van der Waals surface area contributed by atoms with Crippen molar-refractivity contribution in [3.8, 4) is 11.3 Å². The summed E-state index contributed by atoms with van der Waals surface area (Å²) in [7, 11) is 0. The first kappa shape index (κ1) is 20.8. The third-order valence-corrected chi connectivity index (χ3v) is 6.49. The van der Waals surface area contributed by atoms with Gasteiger partial charge in [-0.15, -0.1) is 0 Å². The molecule has 30 heavy (non-hydrogen) atoms. The van der Waals surface area contributed by atoms with Crippen LogP contribution in [0.2, 0.25) is 0 Å². The average molecular weight is 414 g/mol. The molecule has 2 aromatic rings. The third-order valence-electron chi connectivity index (χ3n) is 6.49. The quantitative estimate of drug-likeness (QED) is 0.683. The van der Waals surface area contributed by atoms with Crippen molar-refractivity contribution in [1.29, 1.82) is 0 Å². The van der Waals surface area contributed by atoms with Gasteiger partial charge in [-0.1, -0.05) is 31.7 Å². The van der Waals surface area contributed by atoms with Crippen molar-refractivity contribution in [2.45, 2.75) is 51.4 Å². The smallest absolute Gasteiger partial charge is 0.303 e. The standard InChI is InChI=1S/C24H28F2N2O2/c25-20-14-18(22-7-3-6-19(27-22)12-16-4-1-2-5-16)15-21(26)24(20)28-10-8-17(9-11-28)13-23(29)30/h3,6-7,14-17H,1-2,4-5,8-13H2,(H,29,30). The second-order valence-corrected chi connectivity index (χ2v) is 8.69. The fourth-order valence-electron chi connectivity index (χ4n) is 4.89. The Morgan fingerprint density at radius 2 is 1.70 bits per heavy atom. The van der Waals surface area contributed by atoms with Crippen molar-refractivity contribution in [2.24, 2.45) is 11.8 Å². The van der Waals surface area contributed by atoms with Gasteiger partial charge in [0.2, 0.25) is 0 Å². The van der Waals surface area contributed by atoms with Crippen molar-refractivity contribution >= 4 is 11.7 Å². The lowest BCUT2D eigenvalue weighted by Crippen LogP contribution is -2.35. The van der Waals surface area contributed by atoms with Gasteiger partial charge in [0.15, 0.2) is 0 Å². The highest BCUT2D eigenvalue weighted by Crippen LogP contribution is 2.33. The molecule has 1 N–H and O–H groups in total. The van der Waals surface area contributed by atoms with Gasteiger partial charge in [-0.2, -0.15) is 0 Å². The lowest BCUT2D eigenvalue weighted by Gasteiger charge is -2.33. The van der Waals surface area contributed by atoms with Gasteiger partial charge in [0.25, 0.3) is 0 Å². The van der Waals surface area contributed by atoms with Crippen LogP contribution in [0.15, 0.2) is 30.3 Å². The molecule has 0 atom stereocenters. The van der Waals surface area contributed by atoms with E-state index in [1.54, 1.807) is 11.0 Å². The Morgan fingerprint density at radius 3 is 2.33 bits per heavy atom. The minimum Gasteiger partial charge on any atom is -0.481 e. The molecular formula is C24H28F2N2O2. The summed E-state index contributed by atoms with van der Waals surface area (Å²) in [5, 5.41) is 8.93. The molecule has 2 fully saturated rings. The lowest BCUT2D eigenvalue weighted by molar-refractivity contribution is -0.138. The second kappa shape index (κ2) is 9.11. The highest BCUT2D eigenvalue weighted by molar-refractivity contribution is 5.67. The molecule has 0 spiro atoms. The highest BCUT2D eigenvalue weighted by atomic mass is 19.1. The normalized spacial score (nSPS) is 18.1. The van der Waals surface area contributed by atoms with E-state index in [0.29, 0.717) is 43.1 Å². The SMILES string of the molecule is O=C(O)CC1CCN(c2c(F)cc(-c3cccc(CC4CCCC4)n3)cc2F)CC1. The zero-order chi connectivity index (χ0) is 21.1. The zero-order valence-electron chi connectivity index (χ0n) is 17.1. The van der Waals surface area contributed by atoms with E-state index in [4.69, 9.17) is 5.11 Å². The van der Waals surface area contributed by atoms with Gasteiger partial charge in [-0.05, 0) is 55.4 Å². The number of carbonyl (C=O) groups is 1. The molecule has 0 unspecified atom stereocenters. The van der Waals surface area contributed by atoms with Gasteiger partial charge in [0, 0.05) is 30.8 Å². The minimum atomic E-state index is -0.821. The summed E-state index contributed by atoms with van der Waals surface area (Å²) in [5.41, 5.74) is 2.00. The summed E-state index contributed by atoms with van der Waals surface area (Å²) in [6, 6.07) is 8.42. The van der Waals surface area contributed by atoms with Gasteiger partial charge >= 0.3 is 5.97 Å². The van der Waals surface area contributed by atoms with E-state index in [9.17, 15) is 13.6 Å². The molecule has 6 heteroatoms. The van der Waals surface area contributed by atoms with Gasteiger partial charge in [0.05, 0.1) is 5.69 Å². The molecule has 1 saturated heterocycles. The van der Waals surface area contributed by atoms with Crippen LogP contribution in [0.1, 0.15) is 50.6 Å². The predicted octanol–water partition coefficient (Wildman–Crippen LogP) is 5.45. The number of piperidine rings is 1. The van der Waals surface area contributed by atoms with E-state index in [2.05, 4.69) is 4.98 Å². The monoisotopic (exact) mass is 414 g/mol. The molecule has 1 aromatic heterocycles. The molecule has 4 rings (SSSR count). The highest BCUT2D eigenvalue weighted by Gasteiger charge is 2.26. The van der Waals surface area contributed by atoms with Crippen LogP contribution >= 0.6 is 0 Å². The number of pyridine rings is 1. The number of carboxylic acid groups (broad SMARTS) is 1. The number of carboxylic acids is 1. The maximum Gasteiger partial charge on any atom is 0.303 e. The van der Waals surface area contributed by atoms with Crippen LogP contribution in [0.3, 0.4) is 0 Å². The van der Waals surface area contributed by atoms with Crippen LogP contribution in [0, 0.1) is 23.5 Å². The third kappa shape index (κ3) is 4.79. The van der Waals surface area contributed by atoms with Crippen LogP contribution < -0.4 is 4.90 Å². The Kier molecular flexibility index (Phi) is 6.30. The number of hydrogen-bond acceptors (Lipinski definition) is 3. The Labute approximate surface area is 175 Å². The number of anilines is 1. The molecule has 1 aliphatic carbocycles. The summed E-state index contributed by atoms with van der Waals surface area (Å²) >= 11 is 0. The van der Waals surface area contributed by atoms with Crippen LogP contribution in [-0.2, 0) is 11.2 Å². The maximum absolute atomic E-state index is 14.9. The number of aromatic nitrogens is 1. The molecule has 0 radical (unpaired) electrons. The zero-order valence-corrected chi connectivity index (χ0v) is 17.1. The number of hydrogen-bond donors (Lipinski definition) is 1. The predicted molar refractivity (Wildman–Crippen MR) is 112 cm³/mol. The largest absolute Gasteiger partial charge is 0.481 e. The lowest BCUT2D eigenvalue weighted by atomic mass is 9.93. The Morgan fingerprint density at radius 1 is 1.03 bits per heavy atom. The number of nitrogens with zero attached hydrogens (tertiary/aromatic N) is 2. The average Bonchev–Trinajstić information content (AvgIpc) is 3.21. The molecule has 160 valence electrons. The molecule has 4 nitrogen and oxygen atoms in total. The molecule has 1 saturated carbocycles. The molecule has 1 aliphatic heterocycles. The van der Waals surface area contributed by atoms with E-state index in [0.717, 1.165) is 12.1 Å². The van der Waals surface area contributed by atoms with E-state index in [1.165, 1.54) is 37.8 Å². The second-order valence-electron chi connectivity index (χ2n) is 8.69. The van der Waals surface area contributed by atoms with Crippen LogP contribution in [0.4, 0.5) is 14.5 Å². The van der Waals surface area contributed by atoms with Crippen molar-refractivity contribution in [2.75, 3.05) is 18.0 Å². The molecule has 2 aliphatic rings. The van der Waals surface area contributed by atoms with E-state index < -0.39 is 17.6 Å². The number of aliphatic carboxylic acids is 1. The molecule has 2 heterocycles. The summed E-state index contributed by atoms with van der Waals surface area (Å²) in [5.74, 6) is -1.28. The number of halogens is 2. The first-order chi connectivity index (χ1) is 14.5. The summed E-state index contributed by atoms with van der Waals surface area (Å²) < 4.78 is 29.8. The Balaban J connectivity index is 1.50. The van der Waals surface area contributed by atoms with Crippen LogP contribution in [-0.4, -0.2) is 29.1 Å². The van der Waals surface area contributed by atoms with Crippen molar-refractivity contribution in [3.05, 3.63) is 47.7 Å². The number of rotatable bonds is 6. The number of benzene rings is 1. The van der Waals surface area contributed by atoms with Gasteiger partial charge < -0.3 is 10.0 Å². The molecular weight excluding hydrogens is 386 g/mol. The summed E-state index contributed by atoms with van der Waals surface area (Å²) in [6.07, 6.45) is 7.28. The van der Waals surface area contributed by atoms with E-state index in [-0.39, 0.29) is 18.0 Å². The fraction of sp³-hybridized carbons (Fsp3) is 0.500. The van der Waals surface area contributed by atoms with Crippen molar-refractivity contribution in [3.63, 3.8) is 0 Å². The first-order valence-corrected chi connectivity index (χ1v) is 10.9. The van der Waals surface area contributed by atoms with Crippen LogP contribution in [0.5, 0.6) is 0 Å². The van der Waals surface area contributed by atoms with E-state index >= 15 is 0 Å². The van der Waals surface area contributed by atoms with Gasteiger partial charge in [0.1, 0.15) is 17.3 Å². The fourth-order valence-corrected chi connectivity index (χ4v) is 4.89. The topological polar surface area (TPSA) is 53.4 Å². The summed E-state index contributed by atoms with van der Waals surface area (Å²) in [6.45, 7) is 0.917. The minimum absolute atomic E-state index is 0.0189. The van der Waals surface area contributed by atoms with Crippen molar-refractivity contribution < 1.29 is 18.7 Å². The maximum atomic E-state index is 14.9. The van der Waals surface area contributed by atoms with Crippen LogP contribution in [0.25, 0.3) is 11.3 Å². The molecule has 0 bridgehead atoms. The Bertz CT molecular complexity index is 881. The van der Waals surface area contributed by atoms with E-state index in [1.807, 2.05) is 12.1 Å². The first-order valence-electron chi connectivity index (χ1n) is 10.9. The van der Waals surface area contributed by atoms with Gasteiger partial charge in [-0.25, -0.2) is 8.78 Å². The molecule has 1 aromatic carbocycles. The summed E-state index contributed by atoms with van der Waals surface area (Å²) in [4.78, 5) is 17.2. The van der Waals surface area contributed by atoms with Crippen molar-refractivity contribution in [1.82, 2.24) is 4.98 Å².